The maximum Gasteiger partial charge on any atom is 0.335 e. The van der Waals surface area contributed by atoms with Crippen LogP contribution in [0.15, 0.2) is 0 Å². The van der Waals surface area contributed by atoms with Crippen molar-refractivity contribution in [2.75, 3.05) is 0 Å². The van der Waals surface area contributed by atoms with E-state index in [1.165, 1.54) is 5.48 Å². The Morgan fingerprint density at radius 3 is 2.71 bits per heavy atom. The maximum atomic E-state index is 11.2. The summed E-state index contributed by atoms with van der Waals surface area (Å²) in [5.41, 5.74) is 1.44. The van der Waals surface area contributed by atoms with Gasteiger partial charge in [0, 0.05) is 0 Å². The Morgan fingerprint density at radius 1 is 2.00 bits per heavy atom. The zero-order valence-corrected chi connectivity index (χ0v) is 3.91. The molecule has 1 atom stereocenters. The predicted octanol–water partition coefficient (Wildman–Crippen LogP) is 0.0667. The number of hydroxylamine groups is 1. The molecular weight excluding hydrogens is 124 g/mol. The van der Waals surface area contributed by atoms with Crippen molar-refractivity contribution < 1.29 is 14.0 Å². The third-order valence-electron chi connectivity index (χ3n) is 0.190. The van der Waals surface area contributed by atoms with E-state index in [0.29, 0.717) is 0 Å². The van der Waals surface area contributed by atoms with E-state index in [0.717, 1.165) is 6.41 Å². The molecule has 0 aromatic heterocycles. The van der Waals surface area contributed by atoms with Crippen molar-refractivity contribution in [2.24, 2.45) is 0 Å². The number of nitrogens with one attached hydrogen (secondary N) is 1. The van der Waals surface area contributed by atoms with Crippen molar-refractivity contribution in [3.05, 3.63) is 0 Å². The number of rotatable bonds is 3. The average molecular weight is 126 g/mol. The summed E-state index contributed by atoms with van der Waals surface area (Å²) >= 11 is 4.53. The van der Waals surface area contributed by atoms with Crippen molar-refractivity contribution in [3.8, 4) is 0 Å². The van der Waals surface area contributed by atoms with Gasteiger partial charge in [-0.15, -0.1) is 0 Å². The second-order valence-corrected chi connectivity index (χ2v) is 0.926. The average Bonchev–Trinajstić information content (AvgIpc) is 1.61. The van der Waals surface area contributed by atoms with Gasteiger partial charge in [-0.05, 0) is 0 Å². The molecule has 0 spiro atoms. The van der Waals surface area contributed by atoms with Crippen LogP contribution in [0.1, 0.15) is 0 Å². The molecular formula is C2H2ClFNO2. The highest BCUT2D eigenvalue weighted by atomic mass is 35.5. The van der Waals surface area contributed by atoms with E-state index in [1.807, 2.05) is 0 Å². The van der Waals surface area contributed by atoms with Gasteiger partial charge in [0.25, 0.3) is 5.82 Å². The smallest absolute Gasteiger partial charge is 0.261 e. The van der Waals surface area contributed by atoms with Crippen LogP contribution in [0.5, 0.6) is 0 Å². The van der Waals surface area contributed by atoms with Crippen molar-refractivity contribution in [1.29, 1.82) is 0 Å². The molecule has 3 nitrogen and oxygen atoms in total. The lowest BCUT2D eigenvalue weighted by Crippen LogP contribution is -2.14. The predicted molar refractivity (Wildman–Crippen MR) is 20.7 cm³/mol. The fourth-order valence-corrected chi connectivity index (χ4v) is 0.113. The third kappa shape index (κ3) is 5.65. The highest BCUT2D eigenvalue weighted by Gasteiger charge is 1.95. The van der Waals surface area contributed by atoms with Crippen molar-refractivity contribution >= 4 is 18.0 Å². The van der Waals surface area contributed by atoms with Gasteiger partial charge in [-0.1, -0.05) is 11.6 Å². The Hall–Kier alpha value is -0.350. The Bertz CT molecular complexity index is 59.7. The summed E-state index contributed by atoms with van der Waals surface area (Å²) in [4.78, 5) is 12.7. The maximum absolute atomic E-state index is 11.2. The third-order valence-corrected chi connectivity index (χ3v) is 0.279. The molecule has 5 heteroatoms. The van der Waals surface area contributed by atoms with Crippen LogP contribution < -0.4 is 5.48 Å². The first kappa shape index (κ1) is 6.65. The largest absolute Gasteiger partial charge is 0.335 e. The number of amides is 1. The van der Waals surface area contributed by atoms with Gasteiger partial charge < -0.3 is 0 Å². The fraction of sp³-hybridized carbons (Fsp3) is 0.500. The molecule has 0 heterocycles. The van der Waals surface area contributed by atoms with E-state index in [2.05, 4.69) is 16.4 Å². The van der Waals surface area contributed by atoms with E-state index < -0.39 is 5.82 Å². The quantitative estimate of drug-likeness (QED) is 0.330. The number of halogens is 2. The molecule has 41 valence electrons. The Morgan fingerprint density at radius 2 is 2.57 bits per heavy atom. The molecule has 7 heavy (non-hydrogen) atoms. The highest BCUT2D eigenvalue weighted by molar-refractivity contribution is 6.18. The molecule has 0 bridgehead atoms. The minimum absolute atomic E-state index is 1.05. The lowest BCUT2D eigenvalue weighted by molar-refractivity contribution is -0.0167. The van der Waals surface area contributed by atoms with Gasteiger partial charge in [0.15, 0.2) is 0 Å². The molecule has 0 rings (SSSR count). The summed E-state index contributed by atoms with van der Waals surface area (Å²) in [7, 11) is 0. The number of carbonyl (C=O) groups excluding carboxylic acids is 1. The minimum atomic E-state index is -2.00. The first-order valence-electron chi connectivity index (χ1n) is 1.33. The summed E-state index contributed by atoms with van der Waals surface area (Å²) in [6.45, 7) is 0. The number of alkyl halides is 2. The lowest BCUT2D eigenvalue weighted by Gasteiger charge is -1.93. The van der Waals surface area contributed by atoms with Gasteiger partial charge in [-0.3, -0.25) is 4.79 Å². The van der Waals surface area contributed by atoms with E-state index in [9.17, 15) is 4.39 Å². The van der Waals surface area contributed by atoms with Gasteiger partial charge in [-0.25, -0.2) is 10.3 Å². The molecule has 1 radical (unpaired) electrons. The summed E-state index contributed by atoms with van der Waals surface area (Å²) in [6, 6.07) is 0. The normalized spacial score (nSPS) is 12.9. The van der Waals surface area contributed by atoms with E-state index in [-0.39, 0.29) is 0 Å². The zero-order chi connectivity index (χ0) is 5.70. The van der Waals surface area contributed by atoms with Crippen LogP contribution in [0, 0.1) is 0 Å². The first-order valence-corrected chi connectivity index (χ1v) is 1.77. The van der Waals surface area contributed by atoms with E-state index in [4.69, 9.17) is 4.79 Å². The molecule has 1 amide bonds. The monoisotopic (exact) mass is 126 g/mol. The first-order chi connectivity index (χ1) is 3.27. The van der Waals surface area contributed by atoms with Crippen LogP contribution in [-0.4, -0.2) is 12.2 Å². The van der Waals surface area contributed by atoms with Crippen LogP contribution in [-0.2, 0) is 9.63 Å². The van der Waals surface area contributed by atoms with Gasteiger partial charge in [0.2, 0.25) is 0 Å². The van der Waals surface area contributed by atoms with Gasteiger partial charge in [0.1, 0.15) is 0 Å². The zero-order valence-electron chi connectivity index (χ0n) is 3.15. The van der Waals surface area contributed by atoms with Gasteiger partial charge in [-0.2, -0.15) is 4.39 Å². The second-order valence-electron chi connectivity index (χ2n) is 0.583. The summed E-state index contributed by atoms with van der Waals surface area (Å²) in [5, 5.41) is 0. The second kappa shape index (κ2) is 3.83. The topological polar surface area (TPSA) is 38.3 Å². The Balaban J connectivity index is 2.81. The fourth-order valence-electron chi connectivity index (χ4n) is 0.0686. The van der Waals surface area contributed by atoms with Crippen molar-refractivity contribution in [2.45, 2.75) is 5.82 Å². The van der Waals surface area contributed by atoms with E-state index in [1.54, 1.807) is 0 Å². The molecule has 0 saturated carbocycles. The summed E-state index contributed by atoms with van der Waals surface area (Å²) in [6.07, 6.45) is 1.05. The van der Waals surface area contributed by atoms with Crippen LogP contribution in [0.3, 0.4) is 0 Å². The van der Waals surface area contributed by atoms with Gasteiger partial charge >= 0.3 is 6.41 Å². The lowest BCUT2D eigenvalue weighted by atomic mass is 11.4. The van der Waals surface area contributed by atoms with Gasteiger partial charge in [0.05, 0.1) is 0 Å². The number of hydrogen-bond donors (Lipinski definition) is 1. The molecule has 0 aromatic carbocycles. The van der Waals surface area contributed by atoms with Crippen molar-refractivity contribution in [3.63, 3.8) is 0 Å². The molecule has 1 unspecified atom stereocenters. The number of hydrogen-bond acceptors (Lipinski definition) is 2. The molecule has 0 saturated heterocycles. The SMILES string of the molecule is O=[C]NOC(F)Cl. The van der Waals surface area contributed by atoms with Crippen LogP contribution in [0.4, 0.5) is 4.39 Å². The minimum Gasteiger partial charge on any atom is -0.261 e. The standard InChI is InChI=1S/C2H2ClFNO2/c3-2(4)7-5-1-6/h2H,(H,5,6). The van der Waals surface area contributed by atoms with Crippen LogP contribution >= 0.6 is 11.6 Å². The molecule has 0 fully saturated rings. The molecule has 0 aliphatic heterocycles. The van der Waals surface area contributed by atoms with E-state index >= 15 is 0 Å². The summed E-state index contributed by atoms with van der Waals surface area (Å²) in [5.74, 6) is -2.00. The Kier molecular flexibility index (Phi) is 3.64. The Labute approximate surface area is 44.4 Å². The van der Waals surface area contributed by atoms with Crippen LogP contribution in [0.25, 0.3) is 0 Å². The summed E-state index contributed by atoms with van der Waals surface area (Å²) < 4.78 is 11.2. The van der Waals surface area contributed by atoms with Crippen molar-refractivity contribution in [1.82, 2.24) is 5.48 Å². The van der Waals surface area contributed by atoms with Crippen LogP contribution in [0.2, 0.25) is 0 Å². The molecule has 0 aliphatic rings. The molecule has 1 N–H and O–H groups in total. The molecule has 0 aliphatic carbocycles. The highest BCUT2D eigenvalue weighted by Crippen LogP contribution is 1.93. The molecule has 0 aromatic rings.